The zero-order valence-corrected chi connectivity index (χ0v) is 13.6. The Kier molecular flexibility index (Phi) is 5.78. The lowest BCUT2D eigenvalue weighted by Crippen LogP contribution is -2.30. The molecular formula is C16H20N4O4. The van der Waals surface area contributed by atoms with Crippen LogP contribution in [-0.2, 0) is 16.1 Å². The zero-order valence-electron chi connectivity index (χ0n) is 13.6. The lowest BCUT2D eigenvalue weighted by Gasteiger charge is -2.14. The maximum Gasteiger partial charge on any atom is 0.255 e. The van der Waals surface area contributed by atoms with E-state index in [0.717, 1.165) is 5.56 Å². The molecule has 1 aromatic heterocycles. The van der Waals surface area contributed by atoms with Crippen LogP contribution in [0.2, 0.25) is 0 Å². The van der Waals surface area contributed by atoms with Gasteiger partial charge in [-0.05, 0) is 30.7 Å². The highest BCUT2D eigenvalue weighted by Crippen LogP contribution is 2.28. The quantitative estimate of drug-likeness (QED) is 0.737. The van der Waals surface area contributed by atoms with Crippen molar-refractivity contribution in [3.05, 3.63) is 42.2 Å². The van der Waals surface area contributed by atoms with Gasteiger partial charge in [-0.3, -0.25) is 14.3 Å². The summed E-state index contributed by atoms with van der Waals surface area (Å²) >= 11 is 0. The number of methoxy groups -OCH3 is 1. The molecule has 0 bridgehead atoms. The summed E-state index contributed by atoms with van der Waals surface area (Å²) in [5.41, 5.74) is 5.88. The highest BCUT2D eigenvalue weighted by atomic mass is 16.5. The first kappa shape index (κ1) is 17.3. The average Bonchev–Trinajstić information content (AvgIpc) is 3.11. The van der Waals surface area contributed by atoms with E-state index in [0.29, 0.717) is 18.0 Å². The number of rotatable bonds is 8. The Labute approximate surface area is 139 Å². The monoisotopic (exact) mass is 332 g/mol. The van der Waals surface area contributed by atoms with Crippen LogP contribution in [0, 0.1) is 0 Å². The molecule has 24 heavy (non-hydrogen) atoms. The number of nitrogens with two attached hydrogens (primary N) is 1. The van der Waals surface area contributed by atoms with Crippen molar-refractivity contribution >= 4 is 11.8 Å². The Bertz CT molecular complexity index is 700. The predicted octanol–water partition coefficient (Wildman–Crippen LogP) is 0.633. The van der Waals surface area contributed by atoms with Gasteiger partial charge in [0.1, 0.15) is 6.04 Å². The molecule has 1 unspecified atom stereocenters. The molecule has 2 amide bonds. The normalized spacial score (nSPS) is 11.6. The Balaban J connectivity index is 1.97. The summed E-state index contributed by atoms with van der Waals surface area (Å²) in [5, 5.41) is 6.89. The molecule has 0 aliphatic carbocycles. The van der Waals surface area contributed by atoms with Gasteiger partial charge in [-0.25, -0.2) is 0 Å². The summed E-state index contributed by atoms with van der Waals surface area (Å²) in [6, 6.07) is 6.53. The van der Waals surface area contributed by atoms with Crippen LogP contribution in [0.1, 0.15) is 18.5 Å². The van der Waals surface area contributed by atoms with Crippen LogP contribution in [0.25, 0.3) is 0 Å². The number of primary amides is 1. The van der Waals surface area contributed by atoms with Gasteiger partial charge in [-0.1, -0.05) is 6.07 Å². The number of benzene rings is 1. The van der Waals surface area contributed by atoms with Crippen LogP contribution in [0.15, 0.2) is 36.7 Å². The number of carbonyl (C=O) groups excluding carboxylic acids is 2. The van der Waals surface area contributed by atoms with Gasteiger partial charge in [0.15, 0.2) is 18.1 Å². The van der Waals surface area contributed by atoms with E-state index in [-0.39, 0.29) is 12.5 Å². The summed E-state index contributed by atoms with van der Waals surface area (Å²) in [6.07, 6.45) is 3.36. The zero-order chi connectivity index (χ0) is 17.5. The lowest BCUT2D eigenvalue weighted by atomic mass is 10.2. The van der Waals surface area contributed by atoms with Gasteiger partial charge in [-0.2, -0.15) is 5.10 Å². The Hall–Kier alpha value is -3.03. The standard InChI is InChI=1S/C16H20N4O4/c1-11(20-7-3-6-19-20)16(22)18-9-12-4-5-13(14(8-12)23-2)24-10-15(17)21/h3-8,11H,9-10H2,1-2H3,(H2,17,21)(H,18,22). The number of aromatic nitrogens is 2. The van der Waals surface area contributed by atoms with E-state index in [1.54, 1.807) is 48.3 Å². The van der Waals surface area contributed by atoms with Gasteiger partial charge < -0.3 is 20.5 Å². The van der Waals surface area contributed by atoms with Crippen molar-refractivity contribution in [2.45, 2.75) is 19.5 Å². The molecule has 0 spiro atoms. The van der Waals surface area contributed by atoms with E-state index in [4.69, 9.17) is 15.2 Å². The fraction of sp³-hybridized carbons (Fsp3) is 0.312. The van der Waals surface area contributed by atoms with E-state index in [2.05, 4.69) is 10.4 Å². The summed E-state index contributed by atoms with van der Waals surface area (Å²) in [5.74, 6) is 0.159. The van der Waals surface area contributed by atoms with Crippen LogP contribution in [0.4, 0.5) is 0 Å². The predicted molar refractivity (Wildman–Crippen MR) is 86.5 cm³/mol. The Morgan fingerprint density at radius 2 is 2.17 bits per heavy atom. The van der Waals surface area contributed by atoms with Crippen molar-refractivity contribution in [2.75, 3.05) is 13.7 Å². The van der Waals surface area contributed by atoms with Crippen molar-refractivity contribution < 1.29 is 19.1 Å². The maximum absolute atomic E-state index is 12.1. The number of ether oxygens (including phenoxy) is 2. The third-order valence-corrected chi connectivity index (χ3v) is 3.37. The lowest BCUT2D eigenvalue weighted by molar-refractivity contribution is -0.124. The molecule has 1 aromatic carbocycles. The molecule has 0 saturated carbocycles. The fourth-order valence-electron chi connectivity index (χ4n) is 2.06. The first-order valence-electron chi connectivity index (χ1n) is 7.36. The summed E-state index contributed by atoms with van der Waals surface area (Å²) < 4.78 is 12.1. The minimum atomic E-state index is -0.569. The first-order valence-corrected chi connectivity index (χ1v) is 7.36. The van der Waals surface area contributed by atoms with Crippen molar-refractivity contribution in [2.24, 2.45) is 5.73 Å². The number of carbonyl (C=O) groups is 2. The Morgan fingerprint density at radius 1 is 1.38 bits per heavy atom. The third-order valence-electron chi connectivity index (χ3n) is 3.37. The van der Waals surface area contributed by atoms with Gasteiger partial charge in [0.05, 0.1) is 7.11 Å². The smallest absolute Gasteiger partial charge is 0.255 e. The molecule has 0 aliphatic heterocycles. The second-order valence-corrected chi connectivity index (χ2v) is 5.12. The van der Waals surface area contributed by atoms with Gasteiger partial charge in [-0.15, -0.1) is 0 Å². The number of hydrogen-bond donors (Lipinski definition) is 2. The minimum Gasteiger partial charge on any atom is -0.493 e. The summed E-state index contributed by atoms with van der Waals surface area (Å²) in [4.78, 5) is 22.9. The minimum absolute atomic E-state index is 0.147. The fourth-order valence-corrected chi connectivity index (χ4v) is 2.06. The average molecular weight is 332 g/mol. The third kappa shape index (κ3) is 4.48. The topological polar surface area (TPSA) is 108 Å². The van der Waals surface area contributed by atoms with Crippen molar-refractivity contribution in [3.63, 3.8) is 0 Å². The highest BCUT2D eigenvalue weighted by Gasteiger charge is 2.15. The molecule has 0 radical (unpaired) electrons. The molecule has 8 heteroatoms. The molecule has 1 atom stereocenters. The second-order valence-electron chi connectivity index (χ2n) is 5.12. The molecule has 0 saturated heterocycles. The van der Waals surface area contributed by atoms with Crippen LogP contribution in [0.3, 0.4) is 0 Å². The van der Waals surface area contributed by atoms with Crippen LogP contribution in [-0.4, -0.2) is 35.3 Å². The van der Waals surface area contributed by atoms with Crippen molar-refractivity contribution in [3.8, 4) is 11.5 Å². The molecule has 0 fully saturated rings. The number of amides is 2. The van der Waals surface area contributed by atoms with Crippen LogP contribution >= 0.6 is 0 Å². The van der Waals surface area contributed by atoms with Gasteiger partial charge in [0.2, 0.25) is 5.91 Å². The Morgan fingerprint density at radius 3 is 2.79 bits per heavy atom. The molecule has 2 aromatic rings. The number of nitrogens with zero attached hydrogens (tertiary/aromatic N) is 2. The number of nitrogens with one attached hydrogen (secondary N) is 1. The molecule has 2 rings (SSSR count). The number of hydrogen-bond acceptors (Lipinski definition) is 5. The van der Waals surface area contributed by atoms with Gasteiger partial charge >= 0.3 is 0 Å². The van der Waals surface area contributed by atoms with E-state index < -0.39 is 11.9 Å². The van der Waals surface area contributed by atoms with Gasteiger partial charge in [0.25, 0.3) is 5.91 Å². The first-order chi connectivity index (χ1) is 11.5. The highest BCUT2D eigenvalue weighted by molar-refractivity contribution is 5.79. The maximum atomic E-state index is 12.1. The van der Waals surface area contributed by atoms with Crippen molar-refractivity contribution in [1.29, 1.82) is 0 Å². The summed E-state index contributed by atoms with van der Waals surface area (Å²) in [6.45, 7) is 1.87. The van der Waals surface area contributed by atoms with E-state index >= 15 is 0 Å². The molecule has 1 heterocycles. The second kappa shape index (κ2) is 8.00. The van der Waals surface area contributed by atoms with Crippen molar-refractivity contribution in [1.82, 2.24) is 15.1 Å². The SMILES string of the molecule is COc1cc(CNC(=O)C(C)n2cccn2)ccc1OCC(N)=O. The molecule has 128 valence electrons. The molecular weight excluding hydrogens is 312 g/mol. The molecule has 0 aliphatic rings. The molecule has 8 nitrogen and oxygen atoms in total. The van der Waals surface area contributed by atoms with E-state index in [1.165, 1.54) is 7.11 Å². The molecule has 3 N–H and O–H groups in total. The van der Waals surface area contributed by atoms with E-state index in [9.17, 15) is 9.59 Å². The summed E-state index contributed by atoms with van der Waals surface area (Å²) in [7, 11) is 1.49. The van der Waals surface area contributed by atoms with E-state index in [1.807, 2.05) is 0 Å². The largest absolute Gasteiger partial charge is 0.493 e. The van der Waals surface area contributed by atoms with Crippen LogP contribution < -0.4 is 20.5 Å². The van der Waals surface area contributed by atoms with Crippen LogP contribution in [0.5, 0.6) is 11.5 Å². The van der Waals surface area contributed by atoms with Gasteiger partial charge in [0, 0.05) is 18.9 Å².